The summed E-state index contributed by atoms with van der Waals surface area (Å²) in [7, 11) is 1.62. The molecule has 3 aromatic heterocycles. The number of aryl methyl sites for hydroxylation is 3. The number of anilines is 1. The van der Waals surface area contributed by atoms with Gasteiger partial charge in [0.1, 0.15) is 0 Å². The summed E-state index contributed by atoms with van der Waals surface area (Å²) in [5.74, 6) is 0.610. The van der Waals surface area contributed by atoms with Gasteiger partial charge in [0.15, 0.2) is 0 Å². The summed E-state index contributed by atoms with van der Waals surface area (Å²) in [6, 6.07) is 7.81. The molecule has 0 aromatic carbocycles. The highest BCUT2D eigenvalue weighted by Gasteiger charge is 2.15. The third kappa shape index (κ3) is 3.35. The minimum absolute atomic E-state index is 0.610. The Kier molecular flexibility index (Phi) is 5.44. The molecular weight excluding hydrogens is 300 g/mol. The number of nitrogens with zero attached hydrogens (tertiary/aromatic N) is 3. The second-order valence-electron chi connectivity index (χ2n) is 5.91. The van der Waals surface area contributed by atoms with E-state index in [2.05, 4.69) is 36.9 Å². The van der Waals surface area contributed by atoms with E-state index in [1.54, 1.807) is 7.11 Å². The van der Waals surface area contributed by atoms with E-state index in [9.17, 15) is 0 Å². The Morgan fingerprint density at radius 2 is 1.79 bits per heavy atom. The molecule has 5 nitrogen and oxygen atoms in total. The van der Waals surface area contributed by atoms with Crippen molar-refractivity contribution in [3.05, 3.63) is 41.2 Å². The Hall–Kier alpha value is -2.56. The normalized spacial score (nSPS) is 10.4. The number of hydrogen-bond acceptors (Lipinski definition) is 4. The lowest BCUT2D eigenvalue weighted by Gasteiger charge is -2.09. The molecule has 0 amide bonds. The van der Waals surface area contributed by atoms with Crippen molar-refractivity contribution < 1.29 is 4.74 Å². The van der Waals surface area contributed by atoms with Gasteiger partial charge in [-0.2, -0.15) is 5.10 Å². The fourth-order valence-electron chi connectivity index (χ4n) is 2.65. The Balaban J connectivity index is 0.000000647. The highest BCUT2D eigenvalue weighted by Crippen LogP contribution is 2.31. The SMILES string of the molecule is CCC.COc1ccc(-c2c(C)cc3c(N)cc(C)nn23)c(C)n1. The molecule has 0 radical (unpaired) electrons. The van der Waals surface area contributed by atoms with E-state index in [0.717, 1.165) is 39.4 Å². The minimum Gasteiger partial charge on any atom is -0.481 e. The summed E-state index contributed by atoms with van der Waals surface area (Å²) in [6.45, 7) is 10.2. The summed E-state index contributed by atoms with van der Waals surface area (Å²) < 4.78 is 7.07. The van der Waals surface area contributed by atoms with Gasteiger partial charge in [0.2, 0.25) is 5.88 Å². The van der Waals surface area contributed by atoms with E-state index in [0.29, 0.717) is 5.88 Å². The highest BCUT2D eigenvalue weighted by molar-refractivity contribution is 5.79. The van der Waals surface area contributed by atoms with Gasteiger partial charge in [0.25, 0.3) is 0 Å². The van der Waals surface area contributed by atoms with E-state index in [-0.39, 0.29) is 0 Å². The van der Waals surface area contributed by atoms with Gasteiger partial charge in [-0.05, 0) is 44.5 Å². The van der Waals surface area contributed by atoms with Gasteiger partial charge in [-0.25, -0.2) is 9.50 Å². The zero-order valence-corrected chi connectivity index (χ0v) is 15.3. The van der Waals surface area contributed by atoms with Crippen molar-refractivity contribution >= 4 is 11.2 Å². The number of hydrogen-bond donors (Lipinski definition) is 1. The van der Waals surface area contributed by atoms with Crippen LogP contribution in [0.2, 0.25) is 0 Å². The number of methoxy groups -OCH3 is 1. The topological polar surface area (TPSA) is 65.4 Å². The average molecular weight is 326 g/mol. The fourth-order valence-corrected chi connectivity index (χ4v) is 2.65. The summed E-state index contributed by atoms with van der Waals surface area (Å²) in [5.41, 5.74) is 12.7. The minimum atomic E-state index is 0.610. The average Bonchev–Trinajstić information content (AvgIpc) is 2.85. The van der Waals surface area contributed by atoms with Gasteiger partial charge in [-0.3, -0.25) is 0 Å². The first-order chi connectivity index (χ1) is 11.4. The zero-order chi connectivity index (χ0) is 17.9. The molecule has 24 heavy (non-hydrogen) atoms. The van der Waals surface area contributed by atoms with E-state index in [4.69, 9.17) is 10.5 Å². The lowest BCUT2D eigenvalue weighted by atomic mass is 10.1. The maximum Gasteiger partial charge on any atom is 0.213 e. The van der Waals surface area contributed by atoms with Crippen LogP contribution in [0.15, 0.2) is 24.3 Å². The lowest BCUT2D eigenvalue weighted by molar-refractivity contribution is 0.397. The van der Waals surface area contributed by atoms with Gasteiger partial charge in [-0.15, -0.1) is 0 Å². The van der Waals surface area contributed by atoms with Crippen LogP contribution in [0.3, 0.4) is 0 Å². The Labute approximate surface area is 143 Å². The Morgan fingerprint density at radius 3 is 2.38 bits per heavy atom. The fraction of sp³-hybridized carbons (Fsp3) is 0.368. The molecule has 0 saturated carbocycles. The first-order valence-electron chi connectivity index (χ1n) is 8.20. The van der Waals surface area contributed by atoms with Crippen molar-refractivity contribution in [1.29, 1.82) is 0 Å². The predicted octanol–water partition coefficient (Wildman–Crippen LogP) is 4.33. The number of aromatic nitrogens is 3. The molecule has 0 aliphatic heterocycles. The summed E-state index contributed by atoms with van der Waals surface area (Å²) in [5, 5.41) is 4.59. The molecule has 3 heterocycles. The van der Waals surface area contributed by atoms with Crippen LogP contribution in [-0.4, -0.2) is 21.7 Å². The van der Waals surface area contributed by atoms with Crippen LogP contribution < -0.4 is 10.5 Å². The van der Waals surface area contributed by atoms with Crippen LogP contribution in [0, 0.1) is 20.8 Å². The number of ether oxygens (including phenoxy) is 1. The zero-order valence-electron chi connectivity index (χ0n) is 15.3. The van der Waals surface area contributed by atoms with Gasteiger partial charge >= 0.3 is 0 Å². The first kappa shape index (κ1) is 17.8. The molecular formula is C19H26N4O. The van der Waals surface area contributed by atoms with E-state index >= 15 is 0 Å². The molecule has 3 rings (SSSR count). The number of fused-ring (bicyclic) bond motifs is 1. The molecule has 128 valence electrons. The lowest BCUT2D eigenvalue weighted by Crippen LogP contribution is -2.02. The van der Waals surface area contributed by atoms with Crippen molar-refractivity contribution in [1.82, 2.24) is 14.6 Å². The first-order valence-corrected chi connectivity index (χ1v) is 8.20. The molecule has 0 atom stereocenters. The molecule has 0 aliphatic rings. The monoisotopic (exact) mass is 326 g/mol. The summed E-state index contributed by atoms with van der Waals surface area (Å²) in [4.78, 5) is 4.45. The number of pyridine rings is 1. The standard InChI is InChI=1S/C16H18N4O.C3H8/c1-9-7-14-13(17)8-10(2)19-20(14)16(9)12-5-6-15(21-4)18-11(12)3;1-3-2/h5-8H,17H2,1-4H3;3H2,1-2H3. The van der Waals surface area contributed by atoms with Crippen molar-refractivity contribution in [2.75, 3.05) is 12.8 Å². The quantitative estimate of drug-likeness (QED) is 0.761. The highest BCUT2D eigenvalue weighted by atomic mass is 16.5. The van der Waals surface area contributed by atoms with Crippen molar-refractivity contribution in [2.45, 2.75) is 41.0 Å². The van der Waals surface area contributed by atoms with Crippen molar-refractivity contribution in [2.24, 2.45) is 0 Å². The Morgan fingerprint density at radius 1 is 1.12 bits per heavy atom. The molecule has 0 aliphatic carbocycles. The van der Waals surface area contributed by atoms with Crippen LogP contribution in [0.1, 0.15) is 37.2 Å². The molecule has 0 bridgehead atoms. The van der Waals surface area contributed by atoms with Gasteiger partial charge in [0.05, 0.1) is 35.4 Å². The van der Waals surface area contributed by atoms with Crippen LogP contribution in [0.25, 0.3) is 16.8 Å². The van der Waals surface area contributed by atoms with Gasteiger partial charge in [0, 0.05) is 11.6 Å². The van der Waals surface area contributed by atoms with E-state index in [1.807, 2.05) is 36.6 Å². The maximum absolute atomic E-state index is 6.10. The van der Waals surface area contributed by atoms with Crippen LogP contribution in [-0.2, 0) is 0 Å². The second kappa shape index (κ2) is 7.34. The van der Waals surface area contributed by atoms with Gasteiger partial charge in [-0.1, -0.05) is 20.3 Å². The second-order valence-corrected chi connectivity index (χ2v) is 5.91. The molecule has 2 N–H and O–H groups in total. The summed E-state index contributed by atoms with van der Waals surface area (Å²) >= 11 is 0. The summed E-state index contributed by atoms with van der Waals surface area (Å²) in [6.07, 6.45) is 1.25. The van der Waals surface area contributed by atoms with Crippen LogP contribution in [0.5, 0.6) is 5.88 Å². The molecule has 0 saturated heterocycles. The van der Waals surface area contributed by atoms with Crippen molar-refractivity contribution in [3.63, 3.8) is 0 Å². The number of nitrogen functional groups attached to an aromatic ring is 1. The molecule has 5 heteroatoms. The maximum atomic E-state index is 6.10. The van der Waals surface area contributed by atoms with E-state index < -0.39 is 0 Å². The van der Waals surface area contributed by atoms with Gasteiger partial charge < -0.3 is 10.5 Å². The molecule has 0 unspecified atom stereocenters. The predicted molar refractivity (Wildman–Crippen MR) is 99.6 cm³/mol. The number of rotatable bonds is 2. The van der Waals surface area contributed by atoms with Crippen molar-refractivity contribution in [3.8, 4) is 17.1 Å². The van der Waals surface area contributed by atoms with E-state index in [1.165, 1.54) is 6.42 Å². The van der Waals surface area contributed by atoms with Crippen LogP contribution in [0.4, 0.5) is 5.69 Å². The Bertz CT molecular complexity index is 852. The third-order valence-electron chi connectivity index (χ3n) is 3.61. The molecule has 3 aromatic rings. The number of nitrogens with two attached hydrogens (primary N) is 1. The van der Waals surface area contributed by atoms with Crippen LogP contribution >= 0.6 is 0 Å². The molecule has 0 spiro atoms. The molecule has 0 fully saturated rings. The smallest absolute Gasteiger partial charge is 0.213 e. The largest absolute Gasteiger partial charge is 0.481 e. The third-order valence-corrected chi connectivity index (χ3v) is 3.61.